The van der Waals surface area contributed by atoms with E-state index in [1.165, 1.54) is 12.8 Å². The summed E-state index contributed by atoms with van der Waals surface area (Å²) in [7, 11) is 0. The summed E-state index contributed by atoms with van der Waals surface area (Å²) in [5.41, 5.74) is 0.754. The Balaban J connectivity index is 2.78. The molecule has 1 heterocycles. The number of thiazole rings is 1. The Morgan fingerprint density at radius 2 is 2.11 bits per heavy atom. The van der Waals surface area contributed by atoms with Crippen LogP contribution in [-0.2, 0) is 24.2 Å². The molecule has 0 fully saturated rings. The molecule has 1 aromatic rings. The van der Waals surface area contributed by atoms with Gasteiger partial charge in [0.2, 0.25) is 0 Å². The van der Waals surface area contributed by atoms with Crippen molar-refractivity contribution in [1.29, 1.82) is 0 Å². The van der Waals surface area contributed by atoms with Crippen LogP contribution in [0.1, 0.15) is 49.2 Å². The molecule has 0 amide bonds. The number of aliphatic carboxylic acids is 1. The molecular weight excluding hydrogens is 260 g/mol. The largest absolute Gasteiger partial charge is 0.481 e. The molecule has 19 heavy (non-hydrogen) atoms. The summed E-state index contributed by atoms with van der Waals surface area (Å²) in [6.45, 7) is 9.28. The lowest BCUT2D eigenvalue weighted by Gasteiger charge is -2.19. The maximum absolute atomic E-state index is 10.9. The average molecular weight is 284 g/mol. The van der Waals surface area contributed by atoms with Crippen LogP contribution in [0, 0.1) is 0 Å². The third-order valence-corrected chi connectivity index (χ3v) is 4.31. The van der Waals surface area contributed by atoms with E-state index in [0.717, 1.165) is 41.6 Å². The van der Waals surface area contributed by atoms with Crippen LogP contribution < -0.4 is 0 Å². The molecule has 0 aliphatic rings. The third kappa shape index (κ3) is 5.28. The molecule has 4 nitrogen and oxygen atoms in total. The van der Waals surface area contributed by atoms with Crippen molar-refractivity contribution < 1.29 is 9.90 Å². The molecule has 0 bridgehead atoms. The molecular formula is C14H24N2O2S. The van der Waals surface area contributed by atoms with Gasteiger partial charge in [0.25, 0.3) is 0 Å². The molecule has 0 atom stereocenters. The molecule has 0 spiro atoms. The highest BCUT2D eigenvalue weighted by molar-refractivity contribution is 7.11. The standard InChI is InChI=1S/C14H24N2O2S/c1-4-7-8-16(6-3)10-12-11(9-14(17)18)15-13(5-2)19-12/h4-10H2,1-3H3,(H,17,18). The molecule has 1 N–H and O–H groups in total. The zero-order valence-corrected chi connectivity index (χ0v) is 12.9. The van der Waals surface area contributed by atoms with Gasteiger partial charge in [-0.3, -0.25) is 9.69 Å². The molecule has 0 aliphatic heterocycles. The Bertz CT molecular complexity index is 404. The van der Waals surface area contributed by atoms with Gasteiger partial charge in [0.15, 0.2) is 0 Å². The highest BCUT2D eigenvalue weighted by Crippen LogP contribution is 2.22. The van der Waals surface area contributed by atoms with E-state index in [2.05, 4.69) is 30.7 Å². The predicted molar refractivity (Wildman–Crippen MR) is 78.7 cm³/mol. The van der Waals surface area contributed by atoms with Crippen molar-refractivity contribution in [3.63, 3.8) is 0 Å². The Kier molecular flexibility index (Phi) is 7.02. The summed E-state index contributed by atoms with van der Waals surface area (Å²) in [5.74, 6) is -0.800. The van der Waals surface area contributed by atoms with E-state index in [4.69, 9.17) is 5.11 Å². The fourth-order valence-electron chi connectivity index (χ4n) is 1.93. The van der Waals surface area contributed by atoms with Crippen LogP contribution in [0.3, 0.4) is 0 Å². The van der Waals surface area contributed by atoms with E-state index in [1.54, 1.807) is 11.3 Å². The molecule has 0 aliphatic carbocycles. The monoisotopic (exact) mass is 284 g/mol. The number of hydrogen-bond donors (Lipinski definition) is 1. The van der Waals surface area contributed by atoms with Crippen molar-refractivity contribution in [2.75, 3.05) is 13.1 Å². The molecule has 108 valence electrons. The minimum absolute atomic E-state index is 0.0389. The first-order valence-corrected chi connectivity index (χ1v) is 7.83. The molecule has 0 radical (unpaired) electrons. The summed E-state index contributed by atoms with van der Waals surface area (Å²) >= 11 is 1.66. The van der Waals surface area contributed by atoms with Gasteiger partial charge in [0, 0.05) is 11.4 Å². The maximum atomic E-state index is 10.9. The molecule has 0 aromatic carbocycles. The van der Waals surface area contributed by atoms with Crippen LogP contribution in [0.2, 0.25) is 0 Å². The first-order valence-electron chi connectivity index (χ1n) is 7.02. The fourth-order valence-corrected chi connectivity index (χ4v) is 2.99. The predicted octanol–water partition coefficient (Wildman–Crippen LogP) is 2.95. The van der Waals surface area contributed by atoms with Crippen molar-refractivity contribution in [1.82, 2.24) is 9.88 Å². The van der Waals surface area contributed by atoms with Gasteiger partial charge in [-0.1, -0.05) is 27.2 Å². The second kappa shape index (κ2) is 8.27. The molecule has 1 aromatic heterocycles. The lowest BCUT2D eigenvalue weighted by atomic mass is 10.2. The maximum Gasteiger partial charge on any atom is 0.309 e. The number of aromatic nitrogens is 1. The zero-order chi connectivity index (χ0) is 14.3. The van der Waals surface area contributed by atoms with Gasteiger partial charge in [-0.05, 0) is 25.9 Å². The number of unbranched alkanes of at least 4 members (excludes halogenated alkanes) is 1. The van der Waals surface area contributed by atoms with Gasteiger partial charge in [0.1, 0.15) is 0 Å². The van der Waals surface area contributed by atoms with Gasteiger partial charge in [-0.2, -0.15) is 0 Å². The summed E-state index contributed by atoms with van der Waals surface area (Å²) in [4.78, 5) is 18.8. The Morgan fingerprint density at radius 3 is 2.63 bits per heavy atom. The highest BCUT2D eigenvalue weighted by atomic mass is 32.1. The van der Waals surface area contributed by atoms with Crippen LogP contribution in [0.25, 0.3) is 0 Å². The first kappa shape index (κ1) is 16.1. The van der Waals surface area contributed by atoms with Gasteiger partial charge in [-0.15, -0.1) is 11.3 Å². The van der Waals surface area contributed by atoms with E-state index < -0.39 is 5.97 Å². The number of rotatable bonds is 9. The van der Waals surface area contributed by atoms with Crippen LogP contribution >= 0.6 is 11.3 Å². The normalized spacial score (nSPS) is 11.2. The molecule has 0 saturated carbocycles. The summed E-state index contributed by atoms with van der Waals surface area (Å²) in [5, 5.41) is 10.00. The Labute approximate surface area is 119 Å². The quantitative estimate of drug-likeness (QED) is 0.757. The van der Waals surface area contributed by atoms with E-state index >= 15 is 0 Å². The van der Waals surface area contributed by atoms with Crippen molar-refractivity contribution >= 4 is 17.3 Å². The van der Waals surface area contributed by atoms with Gasteiger partial charge >= 0.3 is 5.97 Å². The van der Waals surface area contributed by atoms with Crippen molar-refractivity contribution in [3.8, 4) is 0 Å². The van der Waals surface area contributed by atoms with Crippen molar-refractivity contribution in [2.24, 2.45) is 0 Å². The van der Waals surface area contributed by atoms with Crippen molar-refractivity contribution in [3.05, 3.63) is 15.6 Å². The number of carboxylic acid groups (broad SMARTS) is 1. The Hall–Kier alpha value is -0.940. The lowest BCUT2D eigenvalue weighted by molar-refractivity contribution is -0.136. The van der Waals surface area contributed by atoms with Crippen LogP contribution in [-0.4, -0.2) is 34.0 Å². The SMILES string of the molecule is CCCCN(CC)Cc1sc(CC)nc1CC(=O)O. The number of hydrogen-bond acceptors (Lipinski definition) is 4. The summed E-state index contributed by atoms with van der Waals surface area (Å²) in [6.07, 6.45) is 3.28. The number of carboxylic acids is 1. The fraction of sp³-hybridized carbons (Fsp3) is 0.714. The molecule has 1 rings (SSSR count). The number of nitrogens with zero attached hydrogens (tertiary/aromatic N) is 2. The average Bonchev–Trinajstić information content (AvgIpc) is 2.75. The first-order chi connectivity index (χ1) is 9.10. The van der Waals surface area contributed by atoms with Crippen molar-refractivity contribution in [2.45, 2.75) is 53.0 Å². The second-order valence-corrected chi connectivity index (χ2v) is 5.79. The van der Waals surface area contributed by atoms with Gasteiger partial charge < -0.3 is 5.11 Å². The van der Waals surface area contributed by atoms with Crippen LogP contribution in [0.5, 0.6) is 0 Å². The summed E-state index contributed by atoms with van der Waals surface area (Å²) < 4.78 is 0. The molecule has 0 unspecified atom stereocenters. The van der Waals surface area contributed by atoms with E-state index in [0.29, 0.717) is 0 Å². The minimum atomic E-state index is -0.800. The smallest absolute Gasteiger partial charge is 0.309 e. The lowest BCUT2D eigenvalue weighted by Crippen LogP contribution is -2.24. The van der Waals surface area contributed by atoms with Crippen LogP contribution in [0.15, 0.2) is 0 Å². The zero-order valence-electron chi connectivity index (χ0n) is 12.1. The molecule has 5 heteroatoms. The van der Waals surface area contributed by atoms with E-state index in [-0.39, 0.29) is 6.42 Å². The van der Waals surface area contributed by atoms with Gasteiger partial charge in [-0.25, -0.2) is 4.98 Å². The van der Waals surface area contributed by atoms with Crippen LogP contribution in [0.4, 0.5) is 0 Å². The third-order valence-electron chi connectivity index (χ3n) is 3.09. The topological polar surface area (TPSA) is 53.4 Å². The highest BCUT2D eigenvalue weighted by Gasteiger charge is 2.15. The number of carbonyl (C=O) groups is 1. The summed E-state index contributed by atoms with van der Waals surface area (Å²) in [6, 6.07) is 0. The van der Waals surface area contributed by atoms with E-state index in [1.807, 2.05) is 0 Å². The van der Waals surface area contributed by atoms with Gasteiger partial charge in [0.05, 0.1) is 17.1 Å². The Morgan fingerprint density at radius 1 is 1.37 bits per heavy atom. The minimum Gasteiger partial charge on any atom is -0.481 e. The molecule has 0 saturated heterocycles. The second-order valence-electron chi connectivity index (χ2n) is 4.62. The number of aryl methyl sites for hydroxylation is 1. The van der Waals surface area contributed by atoms with E-state index in [9.17, 15) is 4.79 Å².